The van der Waals surface area contributed by atoms with Gasteiger partial charge in [-0.15, -0.1) is 0 Å². The van der Waals surface area contributed by atoms with Crippen molar-refractivity contribution in [2.75, 3.05) is 28.4 Å². The number of benzene rings is 1. The van der Waals surface area contributed by atoms with Crippen LogP contribution < -0.4 is 28.4 Å². The second-order valence-corrected chi connectivity index (χ2v) is 6.48. The van der Waals surface area contributed by atoms with Gasteiger partial charge in [-0.1, -0.05) is 13.0 Å². The minimum Gasteiger partial charge on any atom is -0.481 e. The van der Waals surface area contributed by atoms with Gasteiger partial charge >= 0.3 is 12.0 Å². The van der Waals surface area contributed by atoms with Crippen LogP contribution in [0.25, 0.3) is 0 Å². The van der Waals surface area contributed by atoms with E-state index in [1.54, 1.807) is 18.2 Å². The van der Waals surface area contributed by atoms with Gasteiger partial charge in [0.2, 0.25) is 23.5 Å². The van der Waals surface area contributed by atoms with Crippen molar-refractivity contribution in [3.8, 4) is 47.0 Å². The lowest BCUT2D eigenvalue weighted by Crippen LogP contribution is -2.07. The number of hydrogen-bond donors (Lipinski definition) is 0. The van der Waals surface area contributed by atoms with Crippen LogP contribution in [0.1, 0.15) is 30.1 Å². The fraction of sp³-hybridized carbons (Fsp3) is 0.318. The summed E-state index contributed by atoms with van der Waals surface area (Å²) in [5.74, 6) is 1.13. The van der Waals surface area contributed by atoms with E-state index in [9.17, 15) is 4.79 Å². The van der Waals surface area contributed by atoms with Crippen molar-refractivity contribution in [2.45, 2.75) is 19.8 Å². The van der Waals surface area contributed by atoms with E-state index in [4.69, 9.17) is 28.4 Å². The highest BCUT2D eigenvalue weighted by molar-refractivity contribution is 6.01. The van der Waals surface area contributed by atoms with Gasteiger partial charge in [0.15, 0.2) is 5.78 Å². The van der Waals surface area contributed by atoms with Gasteiger partial charge in [0.1, 0.15) is 17.1 Å². The molecule has 0 aliphatic rings. The van der Waals surface area contributed by atoms with Crippen LogP contribution in [0, 0.1) is 0 Å². The first-order chi connectivity index (χ1) is 16.0. The molecule has 0 unspecified atom stereocenters. The van der Waals surface area contributed by atoms with Crippen LogP contribution in [0.5, 0.6) is 47.0 Å². The van der Waals surface area contributed by atoms with Crippen molar-refractivity contribution in [2.24, 2.45) is 0 Å². The van der Waals surface area contributed by atoms with Crippen molar-refractivity contribution >= 4 is 5.78 Å². The van der Waals surface area contributed by atoms with Crippen LogP contribution in [0.15, 0.2) is 30.3 Å². The number of ketones is 1. The van der Waals surface area contributed by atoms with Crippen LogP contribution in [0.3, 0.4) is 0 Å². The molecule has 2 aromatic heterocycles. The lowest BCUT2D eigenvalue weighted by Gasteiger charge is -2.14. The Hall–Kier alpha value is -4.15. The highest BCUT2D eigenvalue weighted by Gasteiger charge is 2.22. The SMILES string of the molecule is CCCC(=O)c1c(Oc2nc(OC)cc(OC)n2)cccc1Oc1nc(OC)cc(OC)n1. The monoisotopic (exact) mass is 456 g/mol. The van der Waals surface area contributed by atoms with Gasteiger partial charge in [0.05, 0.1) is 40.6 Å². The third kappa shape index (κ3) is 5.76. The summed E-state index contributed by atoms with van der Waals surface area (Å²) in [5.41, 5.74) is 0.190. The second-order valence-electron chi connectivity index (χ2n) is 6.48. The molecule has 3 rings (SSSR count). The van der Waals surface area contributed by atoms with E-state index < -0.39 is 0 Å². The van der Waals surface area contributed by atoms with Gasteiger partial charge < -0.3 is 28.4 Å². The number of nitrogens with zero attached hydrogens (tertiary/aromatic N) is 4. The molecule has 0 radical (unpaired) electrons. The van der Waals surface area contributed by atoms with E-state index in [1.807, 2.05) is 6.92 Å². The quantitative estimate of drug-likeness (QED) is 0.390. The zero-order valence-corrected chi connectivity index (χ0v) is 18.9. The van der Waals surface area contributed by atoms with E-state index >= 15 is 0 Å². The Kier molecular flexibility index (Phi) is 7.79. The molecular formula is C22H24N4O7. The van der Waals surface area contributed by atoms with E-state index in [-0.39, 0.29) is 64.8 Å². The highest BCUT2D eigenvalue weighted by Crippen LogP contribution is 2.36. The molecule has 0 atom stereocenters. The maximum absolute atomic E-state index is 13.0. The van der Waals surface area contributed by atoms with Gasteiger partial charge in [0, 0.05) is 6.42 Å². The normalized spacial score (nSPS) is 10.3. The Morgan fingerprint density at radius 1 is 0.727 bits per heavy atom. The summed E-state index contributed by atoms with van der Waals surface area (Å²) in [6.07, 6.45) is 0.890. The van der Waals surface area contributed by atoms with Crippen molar-refractivity contribution in [1.29, 1.82) is 0 Å². The van der Waals surface area contributed by atoms with Gasteiger partial charge in [0.25, 0.3) is 0 Å². The summed E-state index contributed by atoms with van der Waals surface area (Å²) in [6.45, 7) is 1.90. The molecule has 174 valence electrons. The summed E-state index contributed by atoms with van der Waals surface area (Å²) < 4.78 is 32.3. The largest absolute Gasteiger partial charge is 0.481 e. The number of aromatic nitrogens is 4. The number of methoxy groups -OCH3 is 4. The van der Waals surface area contributed by atoms with Crippen LogP contribution in [-0.2, 0) is 0 Å². The Balaban J connectivity index is 2.04. The molecule has 11 nitrogen and oxygen atoms in total. The molecule has 2 heterocycles. The molecule has 0 N–H and O–H groups in total. The molecule has 3 aromatic rings. The molecule has 0 aliphatic carbocycles. The number of carbonyl (C=O) groups is 1. The predicted molar refractivity (Wildman–Crippen MR) is 116 cm³/mol. The van der Waals surface area contributed by atoms with E-state index in [0.29, 0.717) is 6.42 Å². The summed E-state index contributed by atoms with van der Waals surface area (Å²) in [7, 11) is 5.83. The second kappa shape index (κ2) is 10.9. The van der Waals surface area contributed by atoms with Gasteiger partial charge in [-0.3, -0.25) is 4.79 Å². The number of ether oxygens (including phenoxy) is 6. The van der Waals surface area contributed by atoms with Gasteiger partial charge in [-0.05, 0) is 18.6 Å². The molecule has 0 bridgehead atoms. The number of Topliss-reactive ketones (excluding diaryl/α,β-unsaturated/α-hetero) is 1. The summed E-state index contributed by atoms with van der Waals surface area (Å²) in [6, 6.07) is 7.76. The first kappa shape index (κ1) is 23.5. The van der Waals surface area contributed by atoms with Crippen LogP contribution in [0.4, 0.5) is 0 Å². The van der Waals surface area contributed by atoms with E-state index in [1.165, 1.54) is 40.6 Å². The predicted octanol–water partition coefficient (Wildman–Crippen LogP) is 3.87. The standard InChI is InChI=1S/C22H24N4O7/c1-6-8-13(27)20-14(32-21-23-16(28-2)11-17(24-21)29-3)9-7-10-15(20)33-22-25-18(30-4)12-19(26-22)31-5/h7,9-12H,6,8H2,1-5H3. The molecule has 33 heavy (non-hydrogen) atoms. The smallest absolute Gasteiger partial charge is 0.328 e. The van der Waals surface area contributed by atoms with Crippen LogP contribution in [0.2, 0.25) is 0 Å². The lowest BCUT2D eigenvalue weighted by molar-refractivity contribution is 0.0977. The first-order valence-electron chi connectivity index (χ1n) is 9.97. The molecule has 0 aliphatic heterocycles. The Labute approximate surface area is 190 Å². The van der Waals surface area contributed by atoms with Crippen molar-refractivity contribution in [3.05, 3.63) is 35.9 Å². The molecular weight excluding hydrogens is 432 g/mol. The molecule has 1 aromatic carbocycles. The van der Waals surface area contributed by atoms with Crippen LogP contribution >= 0.6 is 0 Å². The third-order valence-corrected chi connectivity index (χ3v) is 4.30. The maximum Gasteiger partial charge on any atom is 0.328 e. The number of rotatable bonds is 11. The fourth-order valence-electron chi connectivity index (χ4n) is 2.78. The summed E-state index contributed by atoms with van der Waals surface area (Å²) >= 11 is 0. The first-order valence-corrected chi connectivity index (χ1v) is 9.97. The Morgan fingerprint density at radius 3 is 1.45 bits per heavy atom. The van der Waals surface area contributed by atoms with Crippen molar-refractivity contribution in [3.63, 3.8) is 0 Å². The topological polar surface area (TPSA) is 124 Å². The Bertz CT molecular complexity index is 1000. The third-order valence-electron chi connectivity index (χ3n) is 4.30. The molecule has 0 amide bonds. The molecule has 0 saturated carbocycles. The van der Waals surface area contributed by atoms with Crippen molar-refractivity contribution < 1.29 is 33.2 Å². The van der Waals surface area contributed by atoms with Gasteiger partial charge in [-0.25, -0.2) is 0 Å². The highest BCUT2D eigenvalue weighted by atomic mass is 16.5. The van der Waals surface area contributed by atoms with Crippen LogP contribution in [-0.4, -0.2) is 54.2 Å². The van der Waals surface area contributed by atoms with E-state index in [0.717, 1.165) is 0 Å². The molecule has 0 spiro atoms. The number of carbonyl (C=O) groups excluding carboxylic acids is 1. The zero-order valence-electron chi connectivity index (χ0n) is 18.9. The average Bonchev–Trinajstić information content (AvgIpc) is 2.83. The molecule has 11 heteroatoms. The fourth-order valence-corrected chi connectivity index (χ4v) is 2.78. The molecule has 0 fully saturated rings. The lowest BCUT2D eigenvalue weighted by atomic mass is 10.0. The Morgan fingerprint density at radius 2 is 1.12 bits per heavy atom. The minimum atomic E-state index is -0.201. The number of hydrogen-bond acceptors (Lipinski definition) is 11. The minimum absolute atomic E-state index is 0.0619. The maximum atomic E-state index is 13.0. The molecule has 0 saturated heterocycles. The average molecular weight is 456 g/mol. The van der Waals surface area contributed by atoms with E-state index in [2.05, 4.69) is 19.9 Å². The van der Waals surface area contributed by atoms with Gasteiger partial charge in [-0.2, -0.15) is 19.9 Å². The summed E-state index contributed by atoms with van der Waals surface area (Å²) in [4.78, 5) is 29.6. The summed E-state index contributed by atoms with van der Waals surface area (Å²) in [5, 5.41) is 0. The van der Waals surface area contributed by atoms with Crippen molar-refractivity contribution in [1.82, 2.24) is 19.9 Å². The zero-order chi connectivity index (χ0) is 23.8.